The number of carbonyl (C=O) groups is 1. The minimum atomic E-state index is -1.26. The number of aryl methyl sites for hydroxylation is 1. The fourth-order valence-electron chi connectivity index (χ4n) is 5.18. The Bertz CT molecular complexity index is 1510. The van der Waals surface area contributed by atoms with Crippen LogP contribution in [0.25, 0.3) is 21.8 Å². The lowest BCUT2D eigenvalue weighted by molar-refractivity contribution is -0.219. The molecule has 0 radical (unpaired) electrons. The lowest BCUT2D eigenvalue weighted by atomic mass is 10.1. The van der Waals surface area contributed by atoms with E-state index in [0.717, 1.165) is 47.0 Å². The van der Waals surface area contributed by atoms with Gasteiger partial charge in [-0.05, 0) is 58.2 Å². The Hall–Kier alpha value is -3.61. The highest BCUT2D eigenvalue weighted by Crippen LogP contribution is 2.37. The summed E-state index contributed by atoms with van der Waals surface area (Å²) >= 11 is 1.48. The number of ether oxygens (including phenoxy) is 1. The van der Waals surface area contributed by atoms with Gasteiger partial charge in [0, 0.05) is 37.1 Å². The second-order valence-electron chi connectivity index (χ2n) is 10.4. The fraction of sp³-hybridized carbons (Fsp3) is 0.444. The molecule has 6 heterocycles. The van der Waals surface area contributed by atoms with E-state index in [2.05, 4.69) is 20.2 Å². The molecule has 0 aliphatic carbocycles. The third-order valence-electron chi connectivity index (χ3n) is 6.82. The van der Waals surface area contributed by atoms with Crippen molar-refractivity contribution >= 4 is 44.2 Å². The van der Waals surface area contributed by atoms with Crippen LogP contribution in [0.4, 0.5) is 16.6 Å². The number of hydrogen-bond acceptors (Lipinski definition) is 11. The average molecular weight is 550 g/mol. The van der Waals surface area contributed by atoms with Gasteiger partial charge >= 0.3 is 0 Å². The molecule has 2 atom stereocenters. The maximum Gasteiger partial charge on any atom is 0.277 e. The number of nitrogens with one attached hydrogen (secondary N) is 1. The van der Waals surface area contributed by atoms with Crippen LogP contribution in [-0.4, -0.2) is 69.0 Å². The number of hydrogen-bond donors (Lipinski definition) is 2. The molecule has 0 saturated carbocycles. The van der Waals surface area contributed by atoms with Crippen molar-refractivity contribution in [2.75, 3.05) is 41.3 Å². The molecule has 0 unspecified atom stereocenters. The van der Waals surface area contributed by atoms with Gasteiger partial charge in [-0.1, -0.05) is 11.3 Å². The van der Waals surface area contributed by atoms with Crippen LogP contribution in [0, 0.1) is 6.92 Å². The van der Waals surface area contributed by atoms with Crippen LogP contribution in [0.5, 0.6) is 0 Å². The normalized spacial score (nSPS) is 21.9. The number of carbonyl (C=O) groups excluding carboxylic acids is 1. The summed E-state index contributed by atoms with van der Waals surface area (Å²) in [5, 5.41) is 14.3. The van der Waals surface area contributed by atoms with Crippen molar-refractivity contribution in [1.29, 1.82) is 0 Å². The number of anilines is 3. The number of oxazole rings is 1. The number of fused-ring (bicyclic) bond motifs is 1. The lowest BCUT2D eigenvalue weighted by Crippen LogP contribution is -2.53. The molecule has 39 heavy (non-hydrogen) atoms. The third-order valence-corrected chi connectivity index (χ3v) is 7.88. The number of thiazole rings is 1. The van der Waals surface area contributed by atoms with Crippen LogP contribution in [0.3, 0.4) is 0 Å². The Labute approximate surface area is 229 Å². The Morgan fingerprint density at radius 1 is 1.18 bits per heavy atom. The summed E-state index contributed by atoms with van der Waals surface area (Å²) in [6.45, 7) is 8.12. The molecule has 4 aromatic rings. The van der Waals surface area contributed by atoms with E-state index in [0.29, 0.717) is 36.1 Å². The van der Waals surface area contributed by atoms with Gasteiger partial charge in [0.15, 0.2) is 28.1 Å². The van der Waals surface area contributed by atoms with Crippen LogP contribution < -0.4 is 15.1 Å². The van der Waals surface area contributed by atoms with Crippen molar-refractivity contribution in [2.24, 2.45) is 0 Å². The number of nitrogens with zero attached hydrogens (tertiary/aromatic N) is 6. The molecule has 204 valence electrons. The first kappa shape index (κ1) is 25.7. The number of aromatic nitrogens is 4. The maximum absolute atomic E-state index is 13.3. The van der Waals surface area contributed by atoms with Crippen molar-refractivity contribution in [2.45, 2.75) is 51.9 Å². The Morgan fingerprint density at radius 3 is 2.77 bits per heavy atom. The first-order valence-electron chi connectivity index (χ1n) is 13.2. The van der Waals surface area contributed by atoms with Crippen molar-refractivity contribution in [3.05, 3.63) is 42.0 Å². The molecule has 0 aromatic carbocycles. The van der Waals surface area contributed by atoms with Crippen LogP contribution >= 0.6 is 11.3 Å². The minimum absolute atomic E-state index is 0.143. The van der Waals surface area contributed by atoms with Crippen LogP contribution in [0.15, 0.2) is 35.1 Å². The van der Waals surface area contributed by atoms with E-state index in [-0.39, 0.29) is 17.7 Å². The predicted octanol–water partition coefficient (Wildman–Crippen LogP) is 4.23. The zero-order valence-electron chi connectivity index (χ0n) is 22.2. The summed E-state index contributed by atoms with van der Waals surface area (Å²) in [5.41, 5.74) is 2.99. The van der Waals surface area contributed by atoms with Gasteiger partial charge in [-0.15, -0.1) is 0 Å². The van der Waals surface area contributed by atoms with Crippen molar-refractivity contribution in [3.63, 3.8) is 0 Å². The molecular formula is C27H31N7O4S. The second kappa shape index (κ2) is 10.2. The molecule has 2 N–H and O–H groups in total. The molecule has 1 amide bonds. The molecule has 12 heteroatoms. The second-order valence-corrected chi connectivity index (χ2v) is 11.4. The van der Waals surface area contributed by atoms with Crippen molar-refractivity contribution < 1.29 is 19.1 Å². The van der Waals surface area contributed by atoms with Gasteiger partial charge in [-0.3, -0.25) is 9.78 Å². The molecule has 2 aliphatic rings. The van der Waals surface area contributed by atoms with E-state index < -0.39 is 5.79 Å². The molecule has 2 fully saturated rings. The highest BCUT2D eigenvalue weighted by Gasteiger charge is 2.35. The third kappa shape index (κ3) is 5.45. The summed E-state index contributed by atoms with van der Waals surface area (Å²) in [6, 6.07) is 5.58. The lowest BCUT2D eigenvalue weighted by Gasteiger charge is -2.40. The van der Waals surface area contributed by atoms with Gasteiger partial charge in [0.1, 0.15) is 6.26 Å². The van der Waals surface area contributed by atoms with E-state index in [9.17, 15) is 9.90 Å². The number of amides is 1. The van der Waals surface area contributed by atoms with Crippen LogP contribution in [0.1, 0.15) is 49.3 Å². The Balaban J connectivity index is 1.32. The molecule has 2 saturated heterocycles. The molecule has 4 aromatic heterocycles. The molecular weight excluding hydrogens is 518 g/mol. The van der Waals surface area contributed by atoms with Gasteiger partial charge in [0.2, 0.25) is 5.89 Å². The largest absolute Gasteiger partial charge is 0.444 e. The maximum atomic E-state index is 13.3. The standard InChI is InChI=1S/C27H31N7O4S/c1-16-11-18(7-8-28-16)25-30-20(14-37-25)24(35)29-19-12-21-22(31-23(19)33-9-5-4-6-10-33)32-26(39-21)34-13-17(2)38-27(3,36)15-34/h7-8,11-12,14,17,36H,4-6,9-10,13,15H2,1-3H3,(H,29,35)/t17-,27-/m1/s1. The smallest absolute Gasteiger partial charge is 0.277 e. The number of morpholine rings is 1. The zero-order valence-corrected chi connectivity index (χ0v) is 23.0. The van der Waals surface area contributed by atoms with Gasteiger partial charge in [0.25, 0.3) is 5.91 Å². The summed E-state index contributed by atoms with van der Waals surface area (Å²) in [7, 11) is 0. The number of rotatable bonds is 5. The molecule has 11 nitrogen and oxygen atoms in total. The molecule has 0 spiro atoms. The number of β-amino-alcohol motifs (C(OH)–C–C–N with tert-alkyl or cyclic N) is 1. The highest BCUT2D eigenvalue weighted by molar-refractivity contribution is 7.22. The van der Waals surface area contributed by atoms with Gasteiger partial charge in [-0.25, -0.2) is 9.97 Å². The average Bonchev–Trinajstić information content (AvgIpc) is 3.55. The monoisotopic (exact) mass is 549 g/mol. The molecule has 0 bridgehead atoms. The Morgan fingerprint density at radius 2 is 2.00 bits per heavy atom. The van der Waals surface area contributed by atoms with E-state index in [1.165, 1.54) is 24.0 Å². The molecule has 6 rings (SSSR count). The summed E-state index contributed by atoms with van der Waals surface area (Å²) in [5.74, 6) is -0.577. The SMILES string of the molecule is Cc1cc(-c2nc(C(=O)Nc3cc4sc(N5C[C@@H](C)O[C@@](C)(O)C5)nc4nc3N3CCCCC3)co2)ccn1. The quantitative estimate of drug-likeness (QED) is 0.373. The van der Waals surface area contributed by atoms with Gasteiger partial charge < -0.3 is 29.4 Å². The summed E-state index contributed by atoms with van der Waals surface area (Å²) in [4.78, 5) is 35.9. The van der Waals surface area contributed by atoms with E-state index in [1.807, 2.05) is 30.9 Å². The van der Waals surface area contributed by atoms with E-state index in [4.69, 9.17) is 19.1 Å². The number of piperidine rings is 1. The van der Waals surface area contributed by atoms with E-state index in [1.54, 1.807) is 19.2 Å². The fourth-order valence-corrected chi connectivity index (χ4v) is 6.13. The first-order chi connectivity index (χ1) is 18.7. The molecule has 2 aliphatic heterocycles. The zero-order chi connectivity index (χ0) is 27.1. The van der Waals surface area contributed by atoms with Gasteiger partial charge in [0.05, 0.1) is 23.0 Å². The van der Waals surface area contributed by atoms with Crippen LogP contribution in [-0.2, 0) is 4.74 Å². The predicted molar refractivity (Wildman–Crippen MR) is 149 cm³/mol. The van der Waals surface area contributed by atoms with Crippen LogP contribution in [0.2, 0.25) is 0 Å². The van der Waals surface area contributed by atoms with Crippen molar-refractivity contribution in [3.8, 4) is 11.5 Å². The topological polar surface area (TPSA) is 130 Å². The minimum Gasteiger partial charge on any atom is -0.444 e. The van der Waals surface area contributed by atoms with E-state index >= 15 is 0 Å². The Kier molecular flexibility index (Phi) is 6.69. The number of pyridine rings is 2. The van der Waals surface area contributed by atoms with Crippen molar-refractivity contribution in [1.82, 2.24) is 19.9 Å². The summed E-state index contributed by atoms with van der Waals surface area (Å²) in [6.07, 6.45) is 6.21. The van der Waals surface area contributed by atoms with Gasteiger partial charge in [-0.2, -0.15) is 4.98 Å². The summed E-state index contributed by atoms with van der Waals surface area (Å²) < 4.78 is 12.1. The highest BCUT2D eigenvalue weighted by atomic mass is 32.1. The first-order valence-corrected chi connectivity index (χ1v) is 14.0. The number of aliphatic hydroxyl groups is 1.